The topological polar surface area (TPSA) is 72.3 Å². The lowest BCUT2D eigenvalue weighted by molar-refractivity contribution is 0.100. The summed E-state index contributed by atoms with van der Waals surface area (Å²) in [4.78, 5) is 13.3. The molecule has 1 aromatic carbocycles. The van der Waals surface area contributed by atoms with Crippen molar-refractivity contribution in [3.05, 3.63) is 23.8 Å². The molecule has 1 aliphatic carbocycles. The molecule has 2 rings (SSSR count). The Morgan fingerprint density at radius 1 is 1.28 bits per heavy atom. The Hall–Kier alpha value is -1.71. The van der Waals surface area contributed by atoms with E-state index in [0.29, 0.717) is 17.3 Å². The number of primary amides is 1. The number of nitrogens with two attached hydrogens (primary N) is 2. The van der Waals surface area contributed by atoms with Crippen LogP contribution in [0.2, 0.25) is 0 Å². The van der Waals surface area contributed by atoms with Gasteiger partial charge in [0.15, 0.2) is 0 Å². The highest BCUT2D eigenvalue weighted by Gasteiger charge is 2.20. The highest BCUT2D eigenvalue weighted by atomic mass is 16.1. The zero-order valence-corrected chi connectivity index (χ0v) is 10.9. The van der Waals surface area contributed by atoms with Crippen LogP contribution in [0.15, 0.2) is 18.2 Å². The van der Waals surface area contributed by atoms with Crippen molar-refractivity contribution in [2.45, 2.75) is 38.1 Å². The summed E-state index contributed by atoms with van der Waals surface area (Å²) >= 11 is 0. The second-order valence-electron chi connectivity index (χ2n) is 5.04. The second-order valence-corrected chi connectivity index (χ2v) is 5.04. The average Bonchev–Trinajstić information content (AvgIpc) is 2.38. The quantitative estimate of drug-likeness (QED) is 0.804. The lowest BCUT2D eigenvalue weighted by Crippen LogP contribution is -2.33. The van der Waals surface area contributed by atoms with Crippen LogP contribution in [-0.2, 0) is 0 Å². The number of carbonyl (C=O) groups is 1. The minimum Gasteiger partial charge on any atom is -0.397 e. The molecule has 18 heavy (non-hydrogen) atoms. The number of nitrogens with zero attached hydrogens (tertiary/aromatic N) is 1. The first-order valence-electron chi connectivity index (χ1n) is 6.52. The van der Waals surface area contributed by atoms with Crippen LogP contribution in [0.5, 0.6) is 0 Å². The van der Waals surface area contributed by atoms with Gasteiger partial charge >= 0.3 is 0 Å². The van der Waals surface area contributed by atoms with Gasteiger partial charge in [-0.3, -0.25) is 4.79 Å². The number of carbonyl (C=O) groups excluding carboxylic acids is 1. The molecule has 1 amide bonds. The van der Waals surface area contributed by atoms with Crippen molar-refractivity contribution in [1.82, 2.24) is 0 Å². The van der Waals surface area contributed by atoms with E-state index in [1.54, 1.807) is 12.1 Å². The van der Waals surface area contributed by atoms with E-state index in [-0.39, 0.29) is 0 Å². The second kappa shape index (κ2) is 5.29. The lowest BCUT2D eigenvalue weighted by Gasteiger charge is -2.33. The summed E-state index contributed by atoms with van der Waals surface area (Å²) in [6.07, 6.45) is 6.34. The van der Waals surface area contributed by atoms with Crippen molar-refractivity contribution in [2.75, 3.05) is 17.7 Å². The Kier molecular flexibility index (Phi) is 3.75. The number of anilines is 2. The third-order valence-corrected chi connectivity index (χ3v) is 3.81. The Labute approximate surface area is 108 Å². The van der Waals surface area contributed by atoms with Crippen LogP contribution in [0, 0.1) is 0 Å². The van der Waals surface area contributed by atoms with Crippen LogP contribution in [-0.4, -0.2) is 19.0 Å². The number of rotatable bonds is 3. The summed E-state index contributed by atoms with van der Waals surface area (Å²) < 4.78 is 0. The zero-order chi connectivity index (χ0) is 13.1. The average molecular weight is 247 g/mol. The summed E-state index contributed by atoms with van der Waals surface area (Å²) in [7, 11) is 2.08. The molecule has 4 N–H and O–H groups in total. The van der Waals surface area contributed by atoms with Gasteiger partial charge in [0.2, 0.25) is 5.91 Å². The van der Waals surface area contributed by atoms with Crippen molar-refractivity contribution in [3.63, 3.8) is 0 Å². The minimum absolute atomic E-state index is 0.437. The van der Waals surface area contributed by atoms with Gasteiger partial charge in [-0.25, -0.2) is 0 Å². The first-order valence-corrected chi connectivity index (χ1v) is 6.52. The van der Waals surface area contributed by atoms with Crippen LogP contribution < -0.4 is 16.4 Å². The molecule has 0 aliphatic heterocycles. The fourth-order valence-corrected chi connectivity index (χ4v) is 2.69. The van der Waals surface area contributed by atoms with E-state index in [2.05, 4.69) is 11.9 Å². The first kappa shape index (κ1) is 12.7. The van der Waals surface area contributed by atoms with Gasteiger partial charge in [-0.05, 0) is 31.0 Å². The number of amides is 1. The molecule has 1 aliphatic rings. The molecule has 0 spiro atoms. The van der Waals surface area contributed by atoms with Crippen LogP contribution >= 0.6 is 0 Å². The molecule has 1 aromatic rings. The monoisotopic (exact) mass is 247 g/mol. The molecule has 1 fully saturated rings. The van der Waals surface area contributed by atoms with Gasteiger partial charge < -0.3 is 16.4 Å². The summed E-state index contributed by atoms with van der Waals surface area (Å²) in [5.74, 6) is -0.437. The van der Waals surface area contributed by atoms with Crippen LogP contribution in [0.1, 0.15) is 42.5 Å². The third-order valence-electron chi connectivity index (χ3n) is 3.81. The van der Waals surface area contributed by atoms with Gasteiger partial charge in [0.1, 0.15) is 0 Å². The summed E-state index contributed by atoms with van der Waals surface area (Å²) in [5, 5.41) is 0. The molecule has 0 saturated heterocycles. The molecular weight excluding hydrogens is 226 g/mol. The SMILES string of the molecule is CN(c1ccc(C(N)=O)cc1N)C1CCCCC1. The molecular formula is C14H21N3O. The maximum Gasteiger partial charge on any atom is 0.248 e. The Balaban J connectivity index is 2.19. The highest BCUT2D eigenvalue weighted by molar-refractivity contribution is 5.94. The van der Waals surface area contributed by atoms with E-state index in [1.165, 1.54) is 32.1 Å². The van der Waals surface area contributed by atoms with E-state index in [0.717, 1.165) is 5.69 Å². The Morgan fingerprint density at radius 2 is 1.94 bits per heavy atom. The molecule has 0 radical (unpaired) electrons. The molecule has 4 nitrogen and oxygen atoms in total. The summed E-state index contributed by atoms with van der Waals surface area (Å²) in [5.41, 5.74) is 13.3. The van der Waals surface area contributed by atoms with E-state index in [9.17, 15) is 4.79 Å². The predicted molar refractivity (Wildman–Crippen MR) is 74.6 cm³/mol. The van der Waals surface area contributed by atoms with E-state index in [4.69, 9.17) is 11.5 Å². The van der Waals surface area contributed by atoms with Crippen LogP contribution in [0.4, 0.5) is 11.4 Å². The van der Waals surface area contributed by atoms with Gasteiger partial charge in [0.05, 0.1) is 11.4 Å². The van der Waals surface area contributed by atoms with Crippen molar-refractivity contribution in [3.8, 4) is 0 Å². The van der Waals surface area contributed by atoms with E-state index >= 15 is 0 Å². The standard InChI is InChI=1S/C14H21N3O/c1-17(11-5-3-2-4-6-11)13-8-7-10(14(16)18)9-12(13)15/h7-9,11H,2-6,15H2,1H3,(H2,16,18). The number of nitrogen functional groups attached to an aromatic ring is 1. The highest BCUT2D eigenvalue weighted by Crippen LogP contribution is 2.30. The summed E-state index contributed by atoms with van der Waals surface area (Å²) in [6, 6.07) is 5.86. The number of hydrogen-bond donors (Lipinski definition) is 2. The number of hydrogen-bond acceptors (Lipinski definition) is 3. The zero-order valence-electron chi connectivity index (χ0n) is 10.9. The van der Waals surface area contributed by atoms with Crippen molar-refractivity contribution >= 4 is 17.3 Å². The maximum atomic E-state index is 11.1. The number of benzene rings is 1. The molecule has 0 bridgehead atoms. The molecule has 1 saturated carbocycles. The largest absolute Gasteiger partial charge is 0.397 e. The Bertz CT molecular complexity index is 439. The fraction of sp³-hybridized carbons (Fsp3) is 0.500. The van der Waals surface area contributed by atoms with Gasteiger partial charge in [0.25, 0.3) is 0 Å². The lowest BCUT2D eigenvalue weighted by atomic mass is 9.94. The summed E-state index contributed by atoms with van der Waals surface area (Å²) in [6.45, 7) is 0. The predicted octanol–water partition coefficient (Wildman–Crippen LogP) is 2.14. The van der Waals surface area contributed by atoms with Crippen molar-refractivity contribution in [2.24, 2.45) is 5.73 Å². The molecule has 0 atom stereocenters. The normalized spacial score (nSPS) is 16.5. The van der Waals surface area contributed by atoms with Gasteiger partial charge in [-0.2, -0.15) is 0 Å². The third kappa shape index (κ3) is 2.58. The molecule has 98 valence electrons. The van der Waals surface area contributed by atoms with Gasteiger partial charge in [0, 0.05) is 18.7 Å². The van der Waals surface area contributed by atoms with Crippen molar-refractivity contribution < 1.29 is 4.79 Å². The Morgan fingerprint density at radius 3 is 2.50 bits per heavy atom. The van der Waals surface area contributed by atoms with Gasteiger partial charge in [-0.15, -0.1) is 0 Å². The fourth-order valence-electron chi connectivity index (χ4n) is 2.69. The smallest absolute Gasteiger partial charge is 0.248 e. The molecule has 0 unspecified atom stereocenters. The molecule has 0 heterocycles. The minimum atomic E-state index is -0.437. The molecule has 4 heteroatoms. The van der Waals surface area contributed by atoms with Gasteiger partial charge in [-0.1, -0.05) is 19.3 Å². The first-order chi connectivity index (χ1) is 8.59. The van der Waals surface area contributed by atoms with Crippen LogP contribution in [0.3, 0.4) is 0 Å². The maximum absolute atomic E-state index is 11.1. The van der Waals surface area contributed by atoms with Crippen molar-refractivity contribution in [1.29, 1.82) is 0 Å². The van der Waals surface area contributed by atoms with Crippen LogP contribution in [0.25, 0.3) is 0 Å². The van der Waals surface area contributed by atoms with E-state index in [1.807, 2.05) is 6.07 Å². The molecule has 0 aromatic heterocycles. The van der Waals surface area contributed by atoms with E-state index < -0.39 is 5.91 Å².